The van der Waals surface area contributed by atoms with E-state index in [4.69, 9.17) is 11.6 Å². The average Bonchev–Trinajstić information content (AvgIpc) is 2.80. The summed E-state index contributed by atoms with van der Waals surface area (Å²) in [5.41, 5.74) is 4.23. The highest BCUT2D eigenvalue weighted by Gasteiger charge is 2.37. The highest BCUT2D eigenvalue weighted by molar-refractivity contribution is 6.18. The Morgan fingerprint density at radius 2 is 1.85 bits per heavy atom. The van der Waals surface area contributed by atoms with Gasteiger partial charge in [0.25, 0.3) is 0 Å². The molecule has 0 bridgehead atoms. The van der Waals surface area contributed by atoms with Gasteiger partial charge in [0, 0.05) is 5.88 Å². The quantitative estimate of drug-likeness (QED) is 0.631. The van der Waals surface area contributed by atoms with Crippen LogP contribution in [0.4, 0.5) is 0 Å². The van der Waals surface area contributed by atoms with E-state index in [0.29, 0.717) is 0 Å². The van der Waals surface area contributed by atoms with Gasteiger partial charge in [-0.3, -0.25) is 0 Å². The van der Waals surface area contributed by atoms with Crippen molar-refractivity contribution in [3.05, 3.63) is 34.9 Å². The standard InChI is InChI=1S/C12H15Cl/c1-8-3-9(2)5-10(4-8)12-6-11(12)7-13/h3-5,11-12H,6-7H2,1-2H3. The molecule has 1 saturated carbocycles. The number of alkyl halides is 1. The van der Waals surface area contributed by atoms with E-state index in [2.05, 4.69) is 32.0 Å². The number of aryl methyl sites for hydroxylation is 2. The molecule has 70 valence electrons. The molecule has 0 radical (unpaired) electrons. The van der Waals surface area contributed by atoms with Crippen LogP contribution < -0.4 is 0 Å². The molecule has 1 aliphatic rings. The molecule has 0 aliphatic heterocycles. The van der Waals surface area contributed by atoms with Crippen LogP contribution in [0.2, 0.25) is 0 Å². The molecule has 2 unspecified atom stereocenters. The average molecular weight is 195 g/mol. The first-order valence-electron chi connectivity index (χ1n) is 4.85. The lowest BCUT2D eigenvalue weighted by atomic mass is 10.0. The molecule has 13 heavy (non-hydrogen) atoms. The first kappa shape index (κ1) is 9.08. The normalized spacial score (nSPS) is 26.1. The van der Waals surface area contributed by atoms with E-state index < -0.39 is 0 Å². The van der Waals surface area contributed by atoms with Gasteiger partial charge in [-0.1, -0.05) is 29.3 Å². The highest BCUT2D eigenvalue weighted by atomic mass is 35.5. The molecule has 1 aromatic carbocycles. The SMILES string of the molecule is Cc1cc(C)cc(C2CC2CCl)c1. The number of hydrogen-bond donors (Lipinski definition) is 0. The third kappa shape index (κ3) is 1.88. The van der Waals surface area contributed by atoms with Crippen LogP contribution in [0, 0.1) is 19.8 Å². The molecule has 0 amide bonds. The van der Waals surface area contributed by atoms with Crippen molar-refractivity contribution in [3.8, 4) is 0 Å². The number of benzene rings is 1. The van der Waals surface area contributed by atoms with Crippen molar-refractivity contribution in [2.45, 2.75) is 26.2 Å². The van der Waals surface area contributed by atoms with E-state index in [1.807, 2.05) is 0 Å². The summed E-state index contributed by atoms with van der Waals surface area (Å²) in [5, 5.41) is 0. The van der Waals surface area contributed by atoms with Gasteiger partial charge in [-0.2, -0.15) is 0 Å². The monoisotopic (exact) mass is 194 g/mol. The summed E-state index contributed by atoms with van der Waals surface area (Å²) < 4.78 is 0. The zero-order chi connectivity index (χ0) is 9.42. The van der Waals surface area contributed by atoms with Gasteiger partial charge in [-0.25, -0.2) is 0 Å². The Morgan fingerprint density at radius 3 is 2.31 bits per heavy atom. The fourth-order valence-electron chi connectivity index (χ4n) is 2.05. The molecule has 0 aromatic heterocycles. The summed E-state index contributed by atoms with van der Waals surface area (Å²) in [6, 6.07) is 6.82. The molecule has 2 atom stereocenters. The molecule has 1 aromatic rings. The first-order valence-corrected chi connectivity index (χ1v) is 5.38. The topological polar surface area (TPSA) is 0 Å². The van der Waals surface area contributed by atoms with Gasteiger partial charge in [-0.15, -0.1) is 11.6 Å². The maximum Gasteiger partial charge on any atom is 0.0257 e. The Balaban J connectivity index is 2.22. The predicted molar refractivity (Wildman–Crippen MR) is 57.5 cm³/mol. The van der Waals surface area contributed by atoms with E-state index in [1.54, 1.807) is 0 Å². The van der Waals surface area contributed by atoms with E-state index in [-0.39, 0.29) is 0 Å². The van der Waals surface area contributed by atoms with Crippen molar-refractivity contribution in [1.82, 2.24) is 0 Å². The van der Waals surface area contributed by atoms with E-state index in [9.17, 15) is 0 Å². The minimum absolute atomic E-state index is 0.739. The molecular formula is C12H15Cl. The summed E-state index contributed by atoms with van der Waals surface area (Å²) in [6.07, 6.45) is 1.28. The van der Waals surface area contributed by atoms with Crippen LogP contribution in [0.3, 0.4) is 0 Å². The van der Waals surface area contributed by atoms with Gasteiger partial charge in [0.05, 0.1) is 0 Å². The zero-order valence-corrected chi connectivity index (χ0v) is 8.93. The second-order valence-electron chi connectivity index (χ2n) is 4.18. The van der Waals surface area contributed by atoms with Gasteiger partial charge in [0.2, 0.25) is 0 Å². The Labute approximate surface area is 84.9 Å². The Kier molecular flexibility index (Phi) is 2.33. The van der Waals surface area contributed by atoms with Crippen LogP contribution in [-0.2, 0) is 0 Å². The van der Waals surface area contributed by atoms with Gasteiger partial charge in [0.15, 0.2) is 0 Å². The van der Waals surface area contributed by atoms with Crippen LogP contribution in [0.15, 0.2) is 18.2 Å². The van der Waals surface area contributed by atoms with Crippen LogP contribution in [0.1, 0.15) is 29.0 Å². The van der Waals surface area contributed by atoms with Crippen LogP contribution in [0.25, 0.3) is 0 Å². The van der Waals surface area contributed by atoms with Crippen molar-refractivity contribution in [3.63, 3.8) is 0 Å². The second-order valence-corrected chi connectivity index (χ2v) is 4.49. The van der Waals surface area contributed by atoms with Crippen LogP contribution in [-0.4, -0.2) is 5.88 Å². The van der Waals surface area contributed by atoms with E-state index in [1.165, 1.54) is 23.1 Å². The molecule has 0 saturated heterocycles. The fraction of sp³-hybridized carbons (Fsp3) is 0.500. The van der Waals surface area contributed by atoms with Gasteiger partial charge >= 0.3 is 0 Å². The summed E-state index contributed by atoms with van der Waals surface area (Å²) in [6.45, 7) is 4.32. The molecular weight excluding hydrogens is 180 g/mol. The lowest BCUT2D eigenvalue weighted by molar-refractivity contribution is 0.921. The Morgan fingerprint density at radius 1 is 1.23 bits per heavy atom. The number of rotatable bonds is 2. The molecule has 0 heterocycles. The van der Waals surface area contributed by atoms with E-state index >= 15 is 0 Å². The summed E-state index contributed by atoms with van der Waals surface area (Å²) in [5.74, 6) is 2.30. The van der Waals surface area contributed by atoms with Crippen molar-refractivity contribution in [1.29, 1.82) is 0 Å². The Hall–Kier alpha value is -0.490. The minimum Gasteiger partial charge on any atom is -0.126 e. The van der Waals surface area contributed by atoms with Gasteiger partial charge < -0.3 is 0 Å². The van der Waals surface area contributed by atoms with Gasteiger partial charge in [0.1, 0.15) is 0 Å². The number of halogens is 1. The molecule has 2 rings (SSSR count). The highest BCUT2D eigenvalue weighted by Crippen LogP contribution is 2.48. The second kappa shape index (κ2) is 3.34. The largest absolute Gasteiger partial charge is 0.126 e. The maximum absolute atomic E-state index is 5.82. The first-order chi connectivity index (χ1) is 6.20. The minimum atomic E-state index is 0.739. The lowest BCUT2D eigenvalue weighted by Crippen LogP contribution is -1.87. The molecule has 0 spiro atoms. The fourth-order valence-corrected chi connectivity index (χ4v) is 2.39. The van der Waals surface area contributed by atoms with Crippen LogP contribution >= 0.6 is 11.6 Å². The summed E-state index contributed by atoms with van der Waals surface area (Å²) in [7, 11) is 0. The molecule has 0 nitrogen and oxygen atoms in total. The molecule has 0 N–H and O–H groups in total. The summed E-state index contributed by atoms with van der Waals surface area (Å²) in [4.78, 5) is 0. The molecule has 1 fully saturated rings. The maximum atomic E-state index is 5.82. The van der Waals surface area contributed by atoms with Crippen molar-refractivity contribution >= 4 is 11.6 Å². The predicted octanol–water partition coefficient (Wildman–Crippen LogP) is 3.65. The van der Waals surface area contributed by atoms with Gasteiger partial charge in [-0.05, 0) is 37.7 Å². The third-order valence-corrected chi connectivity index (χ3v) is 3.19. The Bertz CT molecular complexity index is 297. The number of hydrogen-bond acceptors (Lipinski definition) is 0. The molecule has 1 aliphatic carbocycles. The summed E-state index contributed by atoms with van der Waals surface area (Å²) >= 11 is 5.82. The van der Waals surface area contributed by atoms with E-state index in [0.717, 1.165) is 17.7 Å². The third-order valence-electron chi connectivity index (χ3n) is 2.79. The van der Waals surface area contributed by atoms with Crippen molar-refractivity contribution in [2.24, 2.45) is 5.92 Å². The van der Waals surface area contributed by atoms with Crippen molar-refractivity contribution in [2.75, 3.05) is 5.88 Å². The van der Waals surface area contributed by atoms with Crippen LogP contribution in [0.5, 0.6) is 0 Å². The smallest absolute Gasteiger partial charge is 0.0257 e. The molecule has 1 heteroatoms. The van der Waals surface area contributed by atoms with Crippen molar-refractivity contribution < 1.29 is 0 Å². The lowest BCUT2D eigenvalue weighted by Gasteiger charge is -2.03. The zero-order valence-electron chi connectivity index (χ0n) is 8.18.